The molecule has 7 heteroatoms. The molecule has 0 unspecified atom stereocenters. The van der Waals surface area contributed by atoms with Crippen molar-refractivity contribution in [2.45, 2.75) is 20.4 Å². The molecule has 2 heterocycles. The van der Waals surface area contributed by atoms with E-state index >= 15 is 0 Å². The second-order valence-electron chi connectivity index (χ2n) is 7.12. The van der Waals surface area contributed by atoms with Crippen LogP contribution in [0.3, 0.4) is 0 Å². The third-order valence-electron chi connectivity index (χ3n) is 4.80. The monoisotopic (exact) mass is 367 g/mol. The van der Waals surface area contributed by atoms with Crippen molar-refractivity contribution in [1.82, 2.24) is 20.2 Å². The van der Waals surface area contributed by atoms with Crippen LogP contribution in [-0.2, 0) is 16.1 Å². The highest BCUT2D eigenvalue weighted by atomic mass is 16.2. The minimum Gasteiger partial charge on any atom is -0.351 e. The van der Waals surface area contributed by atoms with Crippen molar-refractivity contribution >= 4 is 17.8 Å². The van der Waals surface area contributed by atoms with Crippen molar-refractivity contribution in [3.63, 3.8) is 0 Å². The quantitative estimate of drug-likeness (QED) is 0.810. The Balaban J connectivity index is 1.55. The average Bonchev–Trinajstić information content (AvgIpc) is 2.73. The van der Waals surface area contributed by atoms with Gasteiger partial charge in [-0.05, 0) is 25.5 Å². The van der Waals surface area contributed by atoms with Crippen molar-refractivity contribution in [3.8, 4) is 0 Å². The van der Waals surface area contributed by atoms with Crippen LogP contribution in [0.4, 0.5) is 5.95 Å². The number of benzene rings is 1. The Kier molecular flexibility index (Phi) is 5.69. The first-order valence-corrected chi connectivity index (χ1v) is 9.12. The number of amides is 2. The summed E-state index contributed by atoms with van der Waals surface area (Å²) >= 11 is 0. The summed E-state index contributed by atoms with van der Waals surface area (Å²) in [5, 5.41) is 2.88. The molecule has 1 aromatic carbocycles. The summed E-state index contributed by atoms with van der Waals surface area (Å²) in [6, 6.07) is 11.4. The Hall–Kier alpha value is -2.96. The maximum atomic E-state index is 12.9. The van der Waals surface area contributed by atoms with E-state index in [4.69, 9.17) is 0 Å². The number of rotatable bonds is 5. The van der Waals surface area contributed by atoms with Gasteiger partial charge in [0.05, 0.1) is 0 Å². The first-order valence-electron chi connectivity index (χ1n) is 9.12. The smallest absolute Gasteiger partial charge is 0.237 e. The van der Waals surface area contributed by atoms with E-state index in [-0.39, 0.29) is 11.8 Å². The summed E-state index contributed by atoms with van der Waals surface area (Å²) < 4.78 is 0. The Morgan fingerprint density at radius 2 is 1.63 bits per heavy atom. The lowest BCUT2D eigenvalue weighted by Gasteiger charge is -2.38. The van der Waals surface area contributed by atoms with E-state index in [0.29, 0.717) is 38.7 Å². The van der Waals surface area contributed by atoms with Gasteiger partial charge in [-0.15, -0.1) is 0 Å². The van der Waals surface area contributed by atoms with Gasteiger partial charge in [0.25, 0.3) is 0 Å². The standard InChI is InChI=1S/C20H25N5O2/c1-20(2,17(26)23-15-16-7-4-3-5-8-16)18(27)24-11-13-25(14-12-24)19-21-9-6-10-22-19/h3-10H,11-15H2,1-2H3,(H,23,26). The molecule has 2 aromatic rings. The van der Waals surface area contributed by atoms with Crippen molar-refractivity contribution in [2.75, 3.05) is 31.1 Å². The van der Waals surface area contributed by atoms with E-state index in [1.54, 1.807) is 37.2 Å². The lowest BCUT2D eigenvalue weighted by atomic mass is 9.90. The zero-order chi connectivity index (χ0) is 19.3. The van der Waals surface area contributed by atoms with Gasteiger partial charge < -0.3 is 15.1 Å². The lowest BCUT2D eigenvalue weighted by molar-refractivity contribution is -0.148. The Morgan fingerprint density at radius 1 is 1.00 bits per heavy atom. The van der Waals surface area contributed by atoms with E-state index in [2.05, 4.69) is 15.3 Å². The second kappa shape index (κ2) is 8.16. The van der Waals surface area contributed by atoms with Gasteiger partial charge >= 0.3 is 0 Å². The Labute approximate surface area is 159 Å². The van der Waals surface area contributed by atoms with Crippen molar-refractivity contribution in [2.24, 2.45) is 5.41 Å². The largest absolute Gasteiger partial charge is 0.351 e. The third kappa shape index (κ3) is 4.42. The average molecular weight is 367 g/mol. The summed E-state index contributed by atoms with van der Waals surface area (Å²) in [4.78, 5) is 37.8. The minimum absolute atomic E-state index is 0.151. The van der Waals surface area contributed by atoms with Crippen LogP contribution in [0.15, 0.2) is 48.8 Å². The Morgan fingerprint density at radius 3 is 2.26 bits per heavy atom. The number of carbonyl (C=O) groups is 2. The van der Waals surface area contributed by atoms with Crippen molar-refractivity contribution < 1.29 is 9.59 Å². The molecule has 1 fully saturated rings. The molecular weight excluding hydrogens is 342 g/mol. The SMILES string of the molecule is CC(C)(C(=O)NCc1ccccc1)C(=O)N1CCN(c2ncccn2)CC1. The zero-order valence-electron chi connectivity index (χ0n) is 15.8. The highest BCUT2D eigenvalue weighted by molar-refractivity contribution is 6.04. The van der Waals surface area contributed by atoms with E-state index < -0.39 is 5.41 Å². The molecule has 27 heavy (non-hydrogen) atoms. The highest BCUT2D eigenvalue weighted by Crippen LogP contribution is 2.21. The van der Waals surface area contributed by atoms with Crippen LogP contribution in [0.1, 0.15) is 19.4 Å². The van der Waals surface area contributed by atoms with Gasteiger partial charge in [-0.1, -0.05) is 30.3 Å². The van der Waals surface area contributed by atoms with E-state index in [1.165, 1.54) is 0 Å². The summed E-state index contributed by atoms with van der Waals surface area (Å²) in [5.74, 6) is 0.260. The van der Waals surface area contributed by atoms with E-state index in [0.717, 1.165) is 5.56 Å². The molecule has 0 saturated carbocycles. The molecule has 7 nitrogen and oxygen atoms in total. The number of carbonyl (C=O) groups excluding carboxylic acids is 2. The fourth-order valence-electron chi connectivity index (χ4n) is 3.06. The summed E-state index contributed by atoms with van der Waals surface area (Å²) in [5.41, 5.74) is -0.106. The molecule has 1 saturated heterocycles. The van der Waals surface area contributed by atoms with Gasteiger partial charge in [0.1, 0.15) is 5.41 Å². The molecule has 0 spiro atoms. The molecule has 0 aliphatic carbocycles. The normalized spacial score (nSPS) is 14.7. The fourth-order valence-corrected chi connectivity index (χ4v) is 3.06. The predicted molar refractivity (Wildman–Crippen MR) is 103 cm³/mol. The van der Waals surface area contributed by atoms with E-state index in [1.807, 2.05) is 35.2 Å². The number of nitrogens with zero attached hydrogens (tertiary/aromatic N) is 4. The van der Waals surface area contributed by atoms with Crippen LogP contribution in [0.25, 0.3) is 0 Å². The first kappa shape index (κ1) is 18.8. The fraction of sp³-hybridized carbons (Fsp3) is 0.400. The molecule has 1 aromatic heterocycles. The molecule has 0 atom stereocenters. The molecule has 1 N–H and O–H groups in total. The number of hydrogen-bond acceptors (Lipinski definition) is 5. The van der Waals surface area contributed by atoms with Gasteiger partial charge in [0, 0.05) is 45.1 Å². The highest BCUT2D eigenvalue weighted by Gasteiger charge is 2.40. The molecule has 3 rings (SSSR count). The molecule has 1 aliphatic heterocycles. The predicted octanol–water partition coefficient (Wildman–Crippen LogP) is 1.47. The number of nitrogens with one attached hydrogen (secondary N) is 1. The summed E-state index contributed by atoms with van der Waals surface area (Å²) in [6.07, 6.45) is 3.42. The van der Waals surface area contributed by atoms with Crippen molar-refractivity contribution in [1.29, 1.82) is 0 Å². The maximum absolute atomic E-state index is 12.9. The zero-order valence-corrected chi connectivity index (χ0v) is 15.8. The first-order chi connectivity index (χ1) is 13.0. The number of aromatic nitrogens is 2. The van der Waals surface area contributed by atoms with Crippen LogP contribution in [-0.4, -0.2) is 52.9 Å². The molecule has 1 aliphatic rings. The Bertz CT molecular complexity index is 771. The number of hydrogen-bond donors (Lipinski definition) is 1. The van der Waals surface area contributed by atoms with Gasteiger partial charge in [0.15, 0.2) is 0 Å². The maximum Gasteiger partial charge on any atom is 0.237 e. The number of anilines is 1. The summed E-state index contributed by atoms with van der Waals surface area (Å²) in [7, 11) is 0. The lowest BCUT2D eigenvalue weighted by Crippen LogP contribution is -2.55. The van der Waals surface area contributed by atoms with Gasteiger partial charge in [-0.2, -0.15) is 0 Å². The van der Waals surface area contributed by atoms with Crippen LogP contribution in [0.5, 0.6) is 0 Å². The van der Waals surface area contributed by atoms with Crippen LogP contribution < -0.4 is 10.2 Å². The third-order valence-corrected chi connectivity index (χ3v) is 4.80. The van der Waals surface area contributed by atoms with Crippen molar-refractivity contribution in [3.05, 3.63) is 54.4 Å². The van der Waals surface area contributed by atoms with E-state index in [9.17, 15) is 9.59 Å². The molecule has 142 valence electrons. The van der Waals surface area contributed by atoms with Crippen LogP contribution >= 0.6 is 0 Å². The summed E-state index contributed by atoms with van der Waals surface area (Å²) in [6.45, 7) is 6.17. The van der Waals surface area contributed by atoms with Gasteiger partial charge in [-0.3, -0.25) is 9.59 Å². The topological polar surface area (TPSA) is 78.4 Å². The second-order valence-corrected chi connectivity index (χ2v) is 7.12. The molecule has 0 bridgehead atoms. The number of piperazine rings is 1. The molecular formula is C20H25N5O2. The van der Waals surface area contributed by atoms with Gasteiger partial charge in [0.2, 0.25) is 17.8 Å². The molecule has 2 amide bonds. The van der Waals surface area contributed by atoms with Crippen LogP contribution in [0, 0.1) is 5.41 Å². The van der Waals surface area contributed by atoms with Crippen LogP contribution in [0.2, 0.25) is 0 Å². The molecule has 0 radical (unpaired) electrons. The minimum atomic E-state index is -1.11. The van der Waals surface area contributed by atoms with Gasteiger partial charge in [-0.25, -0.2) is 9.97 Å².